The standard InChI is InChI=1S/C38H29N/c1-26-16-22-36-34(24-26)35-25-27(2)17-23-37(35)39(36)31-20-18-29(19-21-31)33-15-9-14-32(28-10-5-3-6-11-28)38(33)30-12-7-4-8-13-30/h3-25H,1-2H3. The van der Waals surface area contributed by atoms with Gasteiger partial charge in [0, 0.05) is 16.5 Å². The zero-order chi connectivity index (χ0) is 26.3. The Morgan fingerprint density at radius 1 is 0.410 bits per heavy atom. The lowest BCUT2D eigenvalue weighted by Crippen LogP contribution is -1.95. The molecule has 0 saturated carbocycles. The number of benzene rings is 6. The maximum atomic E-state index is 2.39. The molecule has 0 amide bonds. The average molecular weight is 500 g/mol. The molecule has 0 bridgehead atoms. The molecule has 39 heavy (non-hydrogen) atoms. The molecule has 186 valence electrons. The first-order valence-corrected chi connectivity index (χ1v) is 13.5. The van der Waals surface area contributed by atoms with Crippen LogP contribution in [0, 0.1) is 13.8 Å². The molecule has 0 unspecified atom stereocenters. The lowest BCUT2D eigenvalue weighted by atomic mass is 9.87. The summed E-state index contributed by atoms with van der Waals surface area (Å²) >= 11 is 0. The summed E-state index contributed by atoms with van der Waals surface area (Å²) in [7, 11) is 0. The van der Waals surface area contributed by atoms with E-state index in [2.05, 4.69) is 158 Å². The molecule has 0 atom stereocenters. The molecule has 0 aliphatic rings. The van der Waals surface area contributed by atoms with Crippen molar-refractivity contribution in [3.63, 3.8) is 0 Å². The van der Waals surface area contributed by atoms with Crippen molar-refractivity contribution in [1.82, 2.24) is 4.57 Å². The molecule has 0 fully saturated rings. The molecule has 1 aromatic heterocycles. The van der Waals surface area contributed by atoms with E-state index in [-0.39, 0.29) is 0 Å². The zero-order valence-corrected chi connectivity index (χ0v) is 22.2. The van der Waals surface area contributed by atoms with Crippen LogP contribution in [-0.2, 0) is 0 Å². The van der Waals surface area contributed by atoms with E-state index in [1.807, 2.05) is 0 Å². The normalized spacial score (nSPS) is 11.3. The van der Waals surface area contributed by atoms with Crippen molar-refractivity contribution in [2.45, 2.75) is 13.8 Å². The van der Waals surface area contributed by atoms with Gasteiger partial charge in [-0.25, -0.2) is 0 Å². The first kappa shape index (κ1) is 23.3. The van der Waals surface area contributed by atoms with E-state index in [0.717, 1.165) is 0 Å². The van der Waals surface area contributed by atoms with Crippen molar-refractivity contribution in [1.29, 1.82) is 0 Å². The van der Waals surface area contributed by atoms with Gasteiger partial charge in [-0.3, -0.25) is 0 Å². The Balaban J connectivity index is 1.41. The fourth-order valence-electron chi connectivity index (χ4n) is 5.89. The largest absolute Gasteiger partial charge is 0.309 e. The van der Waals surface area contributed by atoms with Crippen LogP contribution in [0.25, 0.3) is 60.9 Å². The van der Waals surface area contributed by atoms with Crippen LogP contribution in [0.4, 0.5) is 0 Å². The maximum Gasteiger partial charge on any atom is 0.0541 e. The highest BCUT2D eigenvalue weighted by atomic mass is 15.0. The van der Waals surface area contributed by atoms with Crippen LogP contribution >= 0.6 is 0 Å². The van der Waals surface area contributed by atoms with Gasteiger partial charge in [0.15, 0.2) is 0 Å². The van der Waals surface area contributed by atoms with Crippen LogP contribution in [0.2, 0.25) is 0 Å². The summed E-state index contributed by atoms with van der Waals surface area (Å²) in [4.78, 5) is 0. The number of rotatable bonds is 4. The van der Waals surface area contributed by atoms with Crippen molar-refractivity contribution in [2.24, 2.45) is 0 Å². The zero-order valence-electron chi connectivity index (χ0n) is 22.2. The summed E-state index contributed by atoms with van der Waals surface area (Å²) in [5.74, 6) is 0. The highest BCUT2D eigenvalue weighted by Gasteiger charge is 2.16. The van der Waals surface area contributed by atoms with Crippen LogP contribution in [-0.4, -0.2) is 4.57 Å². The molecular weight excluding hydrogens is 470 g/mol. The number of nitrogens with zero attached hydrogens (tertiary/aromatic N) is 1. The van der Waals surface area contributed by atoms with E-state index in [1.165, 1.54) is 72.0 Å². The molecule has 1 heteroatoms. The van der Waals surface area contributed by atoms with Crippen molar-refractivity contribution in [2.75, 3.05) is 0 Å². The van der Waals surface area contributed by atoms with Gasteiger partial charge in [0.1, 0.15) is 0 Å². The Labute approximate surface area is 229 Å². The third kappa shape index (κ3) is 4.04. The number of aryl methyl sites for hydroxylation is 2. The highest BCUT2D eigenvalue weighted by Crippen LogP contribution is 2.40. The Morgan fingerprint density at radius 3 is 1.44 bits per heavy atom. The van der Waals surface area contributed by atoms with Gasteiger partial charge in [-0.15, -0.1) is 0 Å². The number of hydrogen-bond acceptors (Lipinski definition) is 0. The SMILES string of the molecule is Cc1ccc2c(c1)c1cc(C)ccc1n2-c1ccc(-c2cccc(-c3ccccc3)c2-c2ccccc2)cc1. The smallest absolute Gasteiger partial charge is 0.0541 e. The van der Waals surface area contributed by atoms with Gasteiger partial charge in [0.2, 0.25) is 0 Å². The summed E-state index contributed by atoms with van der Waals surface area (Å²) in [6, 6.07) is 50.7. The van der Waals surface area contributed by atoms with Crippen LogP contribution < -0.4 is 0 Å². The summed E-state index contributed by atoms with van der Waals surface area (Å²) in [6.07, 6.45) is 0. The Morgan fingerprint density at radius 2 is 0.897 bits per heavy atom. The molecule has 0 radical (unpaired) electrons. The second-order valence-corrected chi connectivity index (χ2v) is 10.4. The number of aromatic nitrogens is 1. The first-order chi connectivity index (χ1) is 19.2. The summed E-state index contributed by atoms with van der Waals surface area (Å²) in [6.45, 7) is 4.34. The quantitative estimate of drug-likeness (QED) is 0.227. The predicted molar refractivity (Wildman–Crippen MR) is 167 cm³/mol. The van der Waals surface area contributed by atoms with E-state index < -0.39 is 0 Å². The van der Waals surface area contributed by atoms with Gasteiger partial charge in [-0.2, -0.15) is 0 Å². The van der Waals surface area contributed by atoms with E-state index in [9.17, 15) is 0 Å². The Bertz CT molecular complexity index is 1880. The number of fused-ring (bicyclic) bond motifs is 3. The van der Waals surface area contributed by atoms with Gasteiger partial charge in [-0.05, 0) is 83.6 Å². The fourth-order valence-corrected chi connectivity index (χ4v) is 5.89. The number of hydrogen-bond donors (Lipinski definition) is 0. The monoisotopic (exact) mass is 499 g/mol. The van der Waals surface area contributed by atoms with E-state index in [4.69, 9.17) is 0 Å². The minimum Gasteiger partial charge on any atom is -0.309 e. The molecule has 1 nitrogen and oxygen atoms in total. The molecule has 6 aromatic carbocycles. The molecule has 7 aromatic rings. The van der Waals surface area contributed by atoms with Crippen molar-refractivity contribution >= 4 is 21.8 Å². The van der Waals surface area contributed by atoms with Crippen molar-refractivity contribution in [3.8, 4) is 39.1 Å². The third-order valence-electron chi connectivity index (χ3n) is 7.72. The molecule has 7 rings (SSSR count). The van der Waals surface area contributed by atoms with Crippen molar-refractivity contribution < 1.29 is 0 Å². The van der Waals surface area contributed by atoms with Gasteiger partial charge in [-0.1, -0.05) is 114 Å². The summed E-state index contributed by atoms with van der Waals surface area (Å²) in [5, 5.41) is 2.61. The van der Waals surface area contributed by atoms with Crippen molar-refractivity contribution in [3.05, 3.63) is 151 Å². The minimum absolute atomic E-state index is 1.17. The van der Waals surface area contributed by atoms with E-state index >= 15 is 0 Å². The lowest BCUT2D eigenvalue weighted by molar-refractivity contribution is 1.18. The molecule has 0 spiro atoms. The second kappa shape index (κ2) is 9.45. The third-order valence-corrected chi connectivity index (χ3v) is 7.72. The minimum atomic E-state index is 1.17. The maximum absolute atomic E-state index is 2.39. The predicted octanol–water partition coefficient (Wildman–Crippen LogP) is 10.4. The van der Waals surface area contributed by atoms with Crippen LogP contribution in [0.5, 0.6) is 0 Å². The molecular formula is C38H29N. The molecule has 0 N–H and O–H groups in total. The summed E-state index contributed by atoms with van der Waals surface area (Å²) < 4.78 is 2.39. The van der Waals surface area contributed by atoms with E-state index in [1.54, 1.807) is 0 Å². The Kier molecular flexibility index (Phi) is 5.64. The van der Waals surface area contributed by atoms with Crippen LogP contribution in [0.1, 0.15) is 11.1 Å². The van der Waals surface area contributed by atoms with Gasteiger partial charge >= 0.3 is 0 Å². The van der Waals surface area contributed by atoms with Gasteiger partial charge in [0.05, 0.1) is 11.0 Å². The fraction of sp³-hybridized carbons (Fsp3) is 0.0526. The second-order valence-electron chi connectivity index (χ2n) is 10.4. The first-order valence-electron chi connectivity index (χ1n) is 13.5. The average Bonchev–Trinajstić information content (AvgIpc) is 3.30. The van der Waals surface area contributed by atoms with Gasteiger partial charge < -0.3 is 4.57 Å². The highest BCUT2D eigenvalue weighted by molar-refractivity contribution is 6.09. The van der Waals surface area contributed by atoms with Gasteiger partial charge in [0.25, 0.3) is 0 Å². The van der Waals surface area contributed by atoms with Crippen LogP contribution in [0.15, 0.2) is 140 Å². The molecule has 1 heterocycles. The molecule has 0 aliphatic heterocycles. The van der Waals surface area contributed by atoms with Crippen LogP contribution in [0.3, 0.4) is 0 Å². The lowest BCUT2D eigenvalue weighted by Gasteiger charge is -2.17. The van der Waals surface area contributed by atoms with E-state index in [0.29, 0.717) is 0 Å². The Hall–Kier alpha value is -4.88. The summed E-state index contributed by atoms with van der Waals surface area (Å²) in [5.41, 5.74) is 13.6. The topological polar surface area (TPSA) is 4.93 Å². The molecule has 0 aliphatic carbocycles. The molecule has 0 saturated heterocycles.